The van der Waals surface area contributed by atoms with E-state index in [4.69, 9.17) is 0 Å². The van der Waals surface area contributed by atoms with E-state index in [-0.39, 0.29) is 11.5 Å². The van der Waals surface area contributed by atoms with Crippen molar-refractivity contribution in [2.45, 2.75) is 56.8 Å². The highest BCUT2D eigenvalue weighted by Crippen LogP contribution is 2.20. The van der Waals surface area contributed by atoms with Gasteiger partial charge in [0.25, 0.3) is 5.56 Å². The monoisotopic (exact) mass is 345 g/mol. The number of fused-ring (bicyclic) bond motifs is 1. The Kier molecular flexibility index (Phi) is 5.56. The molecule has 2 aromatic rings. The van der Waals surface area contributed by atoms with Crippen molar-refractivity contribution in [3.05, 3.63) is 34.6 Å². The zero-order chi connectivity index (χ0) is 16.9. The Morgan fingerprint density at radius 3 is 2.83 bits per heavy atom. The highest BCUT2D eigenvalue weighted by molar-refractivity contribution is 7.99. The topological polar surface area (TPSA) is 64.0 Å². The van der Waals surface area contributed by atoms with Crippen LogP contribution in [0.2, 0.25) is 0 Å². The van der Waals surface area contributed by atoms with E-state index in [2.05, 4.69) is 10.3 Å². The molecule has 3 rings (SSSR count). The van der Waals surface area contributed by atoms with E-state index in [1.54, 1.807) is 10.6 Å². The third-order valence-electron chi connectivity index (χ3n) is 4.33. The number of hydrogen-bond acceptors (Lipinski definition) is 4. The summed E-state index contributed by atoms with van der Waals surface area (Å²) < 4.78 is 1.69. The molecule has 1 heterocycles. The van der Waals surface area contributed by atoms with Crippen LogP contribution in [0.1, 0.15) is 39.0 Å². The summed E-state index contributed by atoms with van der Waals surface area (Å²) in [5.41, 5.74) is 0.662. The van der Waals surface area contributed by atoms with Crippen LogP contribution >= 0.6 is 11.8 Å². The van der Waals surface area contributed by atoms with Gasteiger partial charge in [0.2, 0.25) is 5.91 Å². The summed E-state index contributed by atoms with van der Waals surface area (Å²) in [6.45, 7) is 2.64. The Morgan fingerprint density at radius 2 is 2.08 bits per heavy atom. The quantitative estimate of drug-likeness (QED) is 0.646. The number of hydrogen-bond donors (Lipinski definition) is 1. The number of nitrogens with zero attached hydrogens (tertiary/aromatic N) is 2. The van der Waals surface area contributed by atoms with Gasteiger partial charge in [0.15, 0.2) is 5.16 Å². The number of amides is 1. The molecule has 5 nitrogen and oxygen atoms in total. The van der Waals surface area contributed by atoms with E-state index in [1.807, 2.05) is 25.1 Å². The van der Waals surface area contributed by atoms with Gasteiger partial charge in [0, 0.05) is 12.6 Å². The predicted octanol–water partition coefficient (Wildman–Crippen LogP) is 2.96. The second-order valence-corrected chi connectivity index (χ2v) is 7.15. The molecule has 1 aromatic carbocycles. The summed E-state index contributed by atoms with van der Waals surface area (Å²) in [5.74, 6) is 0.322. The molecule has 1 N–H and O–H groups in total. The normalized spacial score (nSPS) is 15.0. The molecule has 0 atom stereocenters. The lowest BCUT2D eigenvalue weighted by Gasteiger charge is -2.14. The van der Waals surface area contributed by atoms with Crippen molar-refractivity contribution in [1.82, 2.24) is 14.9 Å². The van der Waals surface area contributed by atoms with Gasteiger partial charge in [-0.1, -0.05) is 43.7 Å². The van der Waals surface area contributed by atoms with Gasteiger partial charge in [0.1, 0.15) is 0 Å². The molecule has 0 saturated heterocycles. The molecule has 0 unspecified atom stereocenters. The minimum absolute atomic E-state index is 0.0253. The maximum atomic E-state index is 12.7. The van der Waals surface area contributed by atoms with Crippen LogP contribution < -0.4 is 10.9 Å². The SMILES string of the molecule is CCCn1c(SCC(=O)NC2CCCC2)nc2ccccc2c1=O. The molecule has 128 valence electrons. The van der Waals surface area contributed by atoms with Crippen molar-refractivity contribution >= 4 is 28.6 Å². The summed E-state index contributed by atoms with van der Waals surface area (Å²) >= 11 is 1.35. The molecular formula is C18H23N3O2S. The summed E-state index contributed by atoms with van der Waals surface area (Å²) in [5, 5.41) is 4.33. The molecule has 1 aliphatic rings. The second-order valence-electron chi connectivity index (χ2n) is 6.21. The predicted molar refractivity (Wildman–Crippen MR) is 97.4 cm³/mol. The molecule has 1 saturated carbocycles. The molecule has 0 bridgehead atoms. The molecule has 24 heavy (non-hydrogen) atoms. The average molecular weight is 345 g/mol. The van der Waals surface area contributed by atoms with Crippen molar-refractivity contribution in [2.75, 3.05) is 5.75 Å². The first-order chi connectivity index (χ1) is 11.7. The Labute approximate surface area is 145 Å². The van der Waals surface area contributed by atoms with E-state index in [0.29, 0.717) is 34.4 Å². The number of benzene rings is 1. The van der Waals surface area contributed by atoms with Gasteiger partial charge in [-0.2, -0.15) is 0 Å². The van der Waals surface area contributed by atoms with E-state index in [0.717, 1.165) is 19.3 Å². The van der Waals surface area contributed by atoms with Crippen LogP contribution in [0.4, 0.5) is 0 Å². The number of rotatable bonds is 6. The van der Waals surface area contributed by atoms with Gasteiger partial charge >= 0.3 is 0 Å². The number of aromatic nitrogens is 2. The van der Waals surface area contributed by atoms with Gasteiger partial charge in [-0.05, 0) is 31.4 Å². The fourth-order valence-electron chi connectivity index (χ4n) is 3.15. The third-order valence-corrected chi connectivity index (χ3v) is 5.30. The standard InChI is InChI=1S/C18H23N3O2S/c1-2-11-21-17(23)14-9-5-6-10-15(14)20-18(21)24-12-16(22)19-13-7-3-4-8-13/h5-6,9-10,13H,2-4,7-8,11-12H2,1H3,(H,19,22). The van der Waals surface area contributed by atoms with E-state index >= 15 is 0 Å². The Bertz CT molecular complexity index is 781. The van der Waals surface area contributed by atoms with Crippen LogP contribution in [0.5, 0.6) is 0 Å². The number of nitrogens with one attached hydrogen (secondary N) is 1. The smallest absolute Gasteiger partial charge is 0.262 e. The highest BCUT2D eigenvalue weighted by atomic mass is 32.2. The van der Waals surface area contributed by atoms with Crippen LogP contribution in [0.25, 0.3) is 10.9 Å². The first-order valence-corrected chi connectivity index (χ1v) is 9.59. The molecule has 1 aromatic heterocycles. The first-order valence-electron chi connectivity index (χ1n) is 8.60. The van der Waals surface area contributed by atoms with E-state index < -0.39 is 0 Å². The van der Waals surface area contributed by atoms with Gasteiger partial charge in [-0.15, -0.1) is 0 Å². The van der Waals surface area contributed by atoms with Crippen LogP contribution in [-0.2, 0) is 11.3 Å². The Morgan fingerprint density at radius 1 is 1.33 bits per heavy atom. The zero-order valence-electron chi connectivity index (χ0n) is 14.0. The fourth-order valence-corrected chi connectivity index (χ4v) is 3.98. The molecular weight excluding hydrogens is 322 g/mol. The third kappa shape index (κ3) is 3.80. The molecule has 6 heteroatoms. The van der Waals surface area contributed by atoms with Gasteiger partial charge in [-0.25, -0.2) is 4.98 Å². The van der Waals surface area contributed by atoms with Gasteiger partial charge in [-0.3, -0.25) is 14.2 Å². The van der Waals surface area contributed by atoms with Crippen LogP contribution in [0.3, 0.4) is 0 Å². The maximum Gasteiger partial charge on any atom is 0.262 e. The van der Waals surface area contributed by atoms with E-state index in [1.165, 1.54) is 24.6 Å². The molecule has 0 radical (unpaired) electrons. The minimum Gasteiger partial charge on any atom is -0.353 e. The van der Waals surface area contributed by atoms with Crippen molar-refractivity contribution < 1.29 is 4.79 Å². The number of thioether (sulfide) groups is 1. The zero-order valence-corrected chi connectivity index (χ0v) is 14.8. The average Bonchev–Trinajstić information content (AvgIpc) is 3.09. The first kappa shape index (κ1) is 17.0. The van der Waals surface area contributed by atoms with Crippen LogP contribution in [-0.4, -0.2) is 27.3 Å². The van der Waals surface area contributed by atoms with Crippen molar-refractivity contribution in [2.24, 2.45) is 0 Å². The molecule has 0 spiro atoms. The summed E-state index contributed by atoms with van der Waals surface area (Å²) in [7, 11) is 0. The lowest BCUT2D eigenvalue weighted by molar-refractivity contribution is -0.119. The number of para-hydroxylation sites is 1. The van der Waals surface area contributed by atoms with Crippen LogP contribution in [0, 0.1) is 0 Å². The van der Waals surface area contributed by atoms with Crippen molar-refractivity contribution in [3.8, 4) is 0 Å². The summed E-state index contributed by atoms with van der Waals surface area (Å²) in [6.07, 6.45) is 5.39. The Hall–Kier alpha value is -1.82. The molecule has 0 aliphatic heterocycles. The van der Waals surface area contributed by atoms with Crippen molar-refractivity contribution in [1.29, 1.82) is 0 Å². The molecule has 1 amide bonds. The highest BCUT2D eigenvalue weighted by Gasteiger charge is 2.18. The number of carbonyl (C=O) groups is 1. The van der Waals surface area contributed by atoms with Crippen LogP contribution in [0.15, 0.2) is 34.2 Å². The van der Waals surface area contributed by atoms with Gasteiger partial charge < -0.3 is 5.32 Å². The summed E-state index contributed by atoms with van der Waals surface area (Å²) in [6, 6.07) is 7.69. The maximum absolute atomic E-state index is 12.7. The van der Waals surface area contributed by atoms with E-state index in [9.17, 15) is 9.59 Å². The number of carbonyl (C=O) groups excluding carboxylic acids is 1. The molecule has 1 aliphatic carbocycles. The largest absolute Gasteiger partial charge is 0.353 e. The van der Waals surface area contributed by atoms with Gasteiger partial charge in [0.05, 0.1) is 16.7 Å². The fraction of sp³-hybridized carbons (Fsp3) is 0.500. The summed E-state index contributed by atoms with van der Waals surface area (Å²) in [4.78, 5) is 29.4. The Balaban J connectivity index is 1.78. The lowest BCUT2D eigenvalue weighted by Crippen LogP contribution is -2.34. The molecule has 1 fully saturated rings. The van der Waals surface area contributed by atoms with Crippen molar-refractivity contribution in [3.63, 3.8) is 0 Å². The second kappa shape index (κ2) is 7.83. The minimum atomic E-state index is -0.0267. The lowest BCUT2D eigenvalue weighted by atomic mass is 10.2.